The highest BCUT2D eigenvalue weighted by atomic mass is 35.5. The zero-order valence-corrected chi connectivity index (χ0v) is 12.3. The summed E-state index contributed by atoms with van der Waals surface area (Å²) >= 11 is 6.07. The number of benzene rings is 2. The third kappa shape index (κ3) is 4.65. The Kier molecular flexibility index (Phi) is 5.01. The van der Waals surface area contributed by atoms with E-state index in [2.05, 4.69) is 0 Å². The van der Waals surface area contributed by atoms with Crippen LogP contribution in [0.15, 0.2) is 48.5 Å². The van der Waals surface area contributed by atoms with Gasteiger partial charge in [0.25, 0.3) is 0 Å². The van der Waals surface area contributed by atoms with Crippen molar-refractivity contribution in [1.82, 2.24) is 0 Å². The lowest BCUT2D eigenvalue weighted by Gasteiger charge is -2.09. The molecule has 2 aromatic rings. The molecule has 0 atom stereocenters. The van der Waals surface area contributed by atoms with Crippen LogP contribution < -0.4 is 4.74 Å². The Morgan fingerprint density at radius 1 is 1.24 bits per heavy atom. The standard InChI is InChI=1S/C17H15ClO3/c1-12-2-8-15(18)16(10-12)21-11-14-5-3-13(4-6-14)7-9-17(19)20/h2-10H,11H2,1H3,(H,19,20). The summed E-state index contributed by atoms with van der Waals surface area (Å²) in [4.78, 5) is 10.4. The van der Waals surface area contributed by atoms with Crippen molar-refractivity contribution in [2.75, 3.05) is 0 Å². The highest BCUT2D eigenvalue weighted by Gasteiger charge is 2.02. The fourth-order valence-corrected chi connectivity index (χ4v) is 1.95. The van der Waals surface area contributed by atoms with Crippen molar-refractivity contribution in [3.8, 4) is 5.75 Å². The van der Waals surface area contributed by atoms with Crippen LogP contribution >= 0.6 is 11.6 Å². The third-order valence-electron chi connectivity index (χ3n) is 2.88. The van der Waals surface area contributed by atoms with Crippen molar-refractivity contribution >= 4 is 23.6 Å². The molecule has 4 heteroatoms. The van der Waals surface area contributed by atoms with Crippen LogP contribution in [-0.4, -0.2) is 11.1 Å². The minimum atomic E-state index is -0.962. The number of hydrogen-bond acceptors (Lipinski definition) is 2. The molecule has 0 aromatic heterocycles. The van der Waals surface area contributed by atoms with Gasteiger partial charge in [-0.3, -0.25) is 0 Å². The maximum Gasteiger partial charge on any atom is 0.328 e. The molecule has 0 saturated carbocycles. The fourth-order valence-electron chi connectivity index (χ4n) is 1.77. The highest BCUT2D eigenvalue weighted by Crippen LogP contribution is 2.26. The summed E-state index contributed by atoms with van der Waals surface area (Å²) in [6.07, 6.45) is 2.66. The number of carboxylic acids is 1. The molecule has 0 aliphatic carbocycles. The van der Waals surface area contributed by atoms with Crippen molar-refractivity contribution in [2.24, 2.45) is 0 Å². The fraction of sp³-hybridized carbons (Fsp3) is 0.118. The Labute approximate surface area is 128 Å². The van der Waals surface area contributed by atoms with E-state index < -0.39 is 5.97 Å². The predicted octanol–water partition coefficient (Wildman–Crippen LogP) is 4.33. The summed E-state index contributed by atoms with van der Waals surface area (Å²) in [6, 6.07) is 13.1. The zero-order chi connectivity index (χ0) is 15.2. The lowest BCUT2D eigenvalue weighted by molar-refractivity contribution is -0.131. The first-order valence-corrected chi connectivity index (χ1v) is 6.81. The molecule has 0 aliphatic heterocycles. The van der Waals surface area contributed by atoms with Crippen molar-refractivity contribution < 1.29 is 14.6 Å². The molecule has 0 unspecified atom stereocenters. The monoisotopic (exact) mass is 302 g/mol. The summed E-state index contributed by atoms with van der Waals surface area (Å²) in [7, 11) is 0. The number of carboxylic acid groups (broad SMARTS) is 1. The second-order valence-electron chi connectivity index (χ2n) is 4.64. The Hall–Kier alpha value is -2.26. The quantitative estimate of drug-likeness (QED) is 0.836. The number of halogens is 1. The first kappa shape index (κ1) is 15.1. The van der Waals surface area contributed by atoms with E-state index in [1.165, 1.54) is 0 Å². The van der Waals surface area contributed by atoms with Gasteiger partial charge in [0.05, 0.1) is 5.02 Å². The molecule has 0 aliphatic rings. The molecule has 1 N–H and O–H groups in total. The van der Waals surface area contributed by atoms with E-state index in [1.54, 1.807) is 6.08 Å². The van der Waals surface area contributed by atoms with Gasteiger partial charge in [-0.15, -0.1) is 0 Å². The van der Waals surface area contributed by atoms with Crippen molar-refractivity contribution in [3.63, 3.8) is 0 Å². The molecule has 2 rings (SSSR count). The van der Waals surface area contributed by atoms with Gasteiger partial charge in [-0.1, -0.05) is 41.9 Å². The summed E-state index contributed by atoms with van der Waals surface area (Å²) < 4.78 is 5.70. The zero-order valence-electron chi connectivity index (χ0n) is 11.5. The lowest BCUT2D eigenvalue weighted by Crippen LogP contribution is -1.96. The third-order valence-corrected chi connectivity index (χ3v) is 3.19. The van der Waals surface area contributed by atoms with E-state index in [4.69, 9.17) is 21.4 Å². The maximum absolute atomic E-state index is 10.4. The van der Waals surface area contributed by atoms with Gasteiger partial charge in [0.2, 0.25) is 0 Å². The molecule has 0 bridgehead atoms. The average Bonchev–Trinajstić information content (AvgIpc) is 2.47. The Balaban J connectivity index is 2.00. The smallest absolute Gasteiger partial charge is 0.328 e. The van der Waals surface area contributed by atoms with Crippen LogP contribution in [0.1, 0.15) is 16.7 Å². The molecular formula is C17H15ClO3. The van der Waals surface area contributed by atoms with Gasteiger partial charge in [0.1, 0.15) is 12.4 Å². The maximum atomic E-state index is 10.4. The van der Waals surface area contributed by atoms with Gasteiger partial charge >= 0.3 is 5.97 Å². The van der Waals surface area contributed by atoms with E-state index in [0.717, 1.165) is 22.8 Å². The van der Waals surface area contributed by atoms with Crippen LogP contribution in [0.3, 0.4) is 0 Å². The molecule has 0 amide bonds. The van der Waals surface area contributed by atoms with Crippen LogP contribution in [-0.2, 0) is 11.4 Å². The minimum Gasteiger partial charge on any atom is -0.487 e. The molecule has 0 saturated heterocycles. The van der Waals surface area contributed by atoms with Crippen molar-refractivity contribution in [2.45, 2.75) is 13.5 Å². The molecular weight excluding hydrogens is 288 g/mol. The van der Waals surface area contributed by atoms with Crippen molar-refractivity contribution in [1.29, 1.82) is 0 Å². The normalized spacial score (nSPS) is 10.8. The number of carbonyl (C=O) groups is 1. The number of aryl methyl sites for hydroxylation is 1. The molecule has 0 heterocycles. The number of rotatable bonds is 5. The first-order valence-electron chi connectivity index (χ1n) is 6.43. The first-order chi connectivity index (χ1) is 10.0. The van der Waals surface area contributed by atoms with Gasteiger partial charge in [0.15, 0.2) is 0 Å². The Morgan fingerprint density at radius 2 is 1.95 bits per heavy atom. The second-order valence-corrected chi connectivity index (χ2v) is 5.04. The Morgan fingerprint density at radius 3 is 2.62 bits per heavy atom. The highest BCUT2D eigenvalue weighted by molar-refractivity contribution is 6.32. The summed E-state index contributed by atoms with van der Waals surface area (Å²) in [5, 5.41) is 9.15. The molecule has 21 heavy (non-hydrogen) atoms. The summed E-state index contributed by atoms with van der Waals surface area (Å²) in [6.45, 7) is 2.39. The largest absolute Gasteiger partial charge is 0.487 e. The number of aliphatic carboxylic acids is 1. The van der Waals surface area contributed by atoms with E-state index >= 15 is 0 Å². The molecule has 0 spiro atoms. The summed E-state index contributed by atoms with van der Waals surface area (Å²) in [5.41, 5.74) is 2.90. The molecule has 0 radical (unpaired) electrons. The SMILES string of the molecule is Cc1ccc(Cl)c(OCc2ccc(C=CC(=O)O)cc2)c1. The minimum absolute atomic E-state index is 0.409. The van der Waals surface area contributed by atoms with Gasteiger partial charge in [-0.05, 0) is 41.8 Å². The number of hydrogen-bond donors (Lipinski definition) is 1. The van der Waals surface area contributed by atoms with Gasteiger partial charge < -0.3 is 9.84 Å². The molecule has 0 fully saturated rings. The van der Waals surface area contributed by atoms with Gasteiger partial charge in [-0.2, -0.15) is 0 Å². The number of ether oxygens (including phenoxy) is 1. The van der Waals surface area contributed by atoms with Crippen molar-refractivity contribution in [3.05, 3.63) is 70.3 Å². The average molecular weight is 303 g/mol. The molecule has 3 nitrogen and oxygen atoms in total. The van der Waals surface area contributed by atoms with Crippen LogP contribution in [0.2, 0.25) is 5.02 Å². The van der Waals surface area contributed by atoms with E-state index in [-0.39, 0.29) is 0 Å². The van der Waals surface area contributed by atoms with Crippen LogP contribution in [0.4, 0.5) is 0 Å². The van der Waals surface area contributed by atoms with Gasteiger partial charge in [-0.25, -0.2) is 4.79 Å². The molecule has 108 valence electrons. The summed E-state index contributed by atoms with van der Waals surface area (Å²) in [5.74, 6) is -0.303. The van der Waals surface area contributed by atoms with Gasteiger partial charge in [0, 0.05) is 6.08 Å². The van der Waals surface area contributed by atoms with E-state index in [1.807, 2.05) is 49.4 Å². The Bertz CT molecular complexity index is 660. The lowest BCUT2D eigenvalue weighted by atomic mass is 10.1. The van der Waals surface area contributed by atoms with Crippen LogP contribution in [0, 0.1) is 6.92 Å². The molecule has 2 aromatic carbocycles. The van der Waals surface area contributed by atoms with E-state index in [9.17, 15) is 4.79 Å². The van der Waals surface area contributed by atoms with Crippen LogP contribution in [0.5, 0.6) is 5.75 Å². The van der Waals surface area contributed by atoms with E-state index in [0.29, 0.717) is 17.4 Å². The predicted molar refractivity (Wildman–Crippen MR) is 83.6 cm³/mol. The van der Waals surface area contributed by atoms with Crippen LogP contribution in [0.25, 0.3) is 6.08 Å². The topological polar surface area (TPSA) is 46.5 Å². The second kappa shape index (κ2) is 6.95.